The zero-order valence-electron chi connectivity index (χ0n) is 11.6. The molecule has 2 radical (unpaired) electrons. The van der Waals surface area contributed by atoms with Crippen LogP contribution >= 0.6 is 0 Å². The second-order valence-electron chi connectivity index (χ2n) is 5.12. The van der Waals surface area contributed by atoms with Gasteiger partial charge in [-0.3, -0.25) is 0 Å². The first-order valence-corrected chi connectivity index (χ1v) is 8.41. The topological polar surface area (TPSA) is 9.23 Å². The number of hydrogen-bond donors (Lipinski definition) is 0. The molecule has 2 heteroatoms. The Hall–Kier alpha value is 0.759. The Morgan fingerprint density at radius 1 is 0.812 bits per heavy atom. The summed E-state index contributed by atoms with van der Waals surface area (Å²) < 4.78 is 5.63. The average Bonchev–Trinajstić information content (AvgIpc) is 2.31. The summed E-state index contributed by atoms with van der Waals surface area (Å²) in [6.07, 6.45) is 12.2. The standard InChI is InChI=1S/C14H29O.Sn.H/c1-4-7-10-14(13-15,11-8-5-2)12-9-6-3;;/h4-13H2,1-3H3;;/q-1;+1;. The Kier molecular flexibility index (Phi) is 11.4. The maximum atomic E-state index is 5.63. The molecule has 16 heavy (non-hydrogen) atoms. The molecule has 0 aromatic rings. The van der Waals surface area contributed by atoms with Gasteiger partial charge in [0.1, 0.15) is 0 Å². The Balaban J connectivity index is 4.32. The molecule has 0 aliphatic rings. The van der Waals surface area contributed by atoms with E-state index in [4.69, 9.17) is 3.07 Å². The monoisotopic (exact) mass is 334 g/mol. The second-order valence-corrected chi connectivity index (χ2v) is 6.07. The SMILES string of the molecule is CCCCC(CCCC)(CCCC)C[O][SnH]. The van der Waals surface area contributed by atoms with Gasteiger partial charge in [-0.25, -0.2) is 0 Å². The van der Waals surface area contributed by atoms with Gasteiger partial charge in [0, 0.05) is 0 Å². The van der Waals surface area contributed by atoms with Gasteiger partial charge in [0.2, 0.25) is 0 Å². The summed E-state index contributed by atoms with van der Waals surface area (Å²) in [4.78, 5) is 0. The van der Waals surface area contributed by atoms with E-state index in [0.717, 1.165) is 29.5 Å². The van der Waals surface area contributed by atoms with Gasteiger partial charge in [-0.15, -0.1) is 0 Å². The molecule has 96 valence electrons. The first-order valence-electron chi connectivity index (χ1n) is 7.06. The van der Waals surface area contributed by atoms with Crippen LogP contribution in [0.25, 0.3) is 0 Å². The minimum absolute atomic E-state index is 0.515. The third-order valence-electron chi connectivity index (χ3n) is 3.57. The molecular formula is C14H30OSn. The van der Waals surface area contributed by atoms with Gasteiger partial charge in [-0.1, -0.05) is 0 Å². The van der Waals surface area contributed by atoms with Crippen LogP contribution in [0.2, 0.25) is 0 Å². The molecule has 0 bridgehead atoms. The molecule has 0 atom stereocenters. The fourth-order valence-corrected chi connectivity index (χ4v) is 3.43. The van der Waals surface area contributed by atoms with Crippen LogP contribution in [0.15, 0.2) is 0 Å². The van der Waals surface area contributed by atoms with Crippen LogP contribution in [0.5, 0.6) is 0 Å². The third-order valence-corrected chi connectivity index (χ3v) is 4.05. The minimum atomic E-state index is 0.515. The normalized spacial score (nSPS) is 12.0. The van der Waals surface area contributed by atoms with Crippen LogP contribution in [0, 0.1) is 5.41 Å². The fourth-order valence-electron chi connectivity index (χ4n) is 2.42. The third kappa shape index (κ3) is 7.16. The summed E-state index contributed by atoms with van der Waals surface area (Å²) >= 11 is 0.957. The van der Waals surface area contributed by atoms with Gasteiger partial charge in [0.05, 0.1) is 0 Å². The van der Waals surface area contributed by atoms with Crippen LogP contribution in [0.4, 0.5) is 0 Å². The predicted octanol–water partition coefficient (Wildman–Crippen LogP) is 4.38. The molecule has 0 fully saturated rings. The van der Waals surface area contributed by atoms with Crippen molar-refractivity contribution < 1.29 is 3.07 Å². The van der Waals surface area contributed by atoms with Gasteiger partial charge in [0.15, 0.2) is 0 Å². The number of unbranched alkanes of at least 4 members (excludes halogenated alkanes) is 3. The van der Waals surface area contributed by atoms with Crippen molar-refractivity contribution in [2.45, 2.75) is 78.6 Å². The van der Waals surface area contributed by atoms with Gasteiger partial charge >= 0.3 is 117 Å². The van der Waals surface area contributed by atoms with E-state index in [2.05, 4.69) is 20.8 Å². The van der Waals surface area contributed by atoms with E-state index in [-0.39, 0.29) is 0 Å². The molecule has 0 rings (SSSR count). The molecule has 0 saturated carbocycles. The zero-order chi connectivity index (χ0) is 12.3. The van der Waals surface area contributed by atoms with Crippen molar-refractivity contribution in [1.29, 1.82) is 0 Å². The summed E-state index contributed by atoms with van der Waals surface area (Å²) in [5, 5.41) is 0. The molecular weight excluding hydrogens is 303 g/mol. The van der Waals surface area contributed by atoms with Crippen LogP contribution < -0.4 is 0 Å². The van der Waals surface area contributed by atoms with Crippen LogP contribution in [-0.4, -0.2) is 29.5 Å². The summed E-state index contributed by atoms with van der Waals surface area (Å²) in [6.45, 7) is 7.91. The molecule has 0 saturated heterocycles. The Morgan fingerprint density at radius 3 is 1.44 bits per heavy atom. The van der Waals surface area contributed by atoms with E-state index in [9.17, 15) is 0 Å². The van der Waals surface area contributed by atoms with Crippen LogP contribution in [0.1, 0.15) is 78.6 Å². The molecule has 0 heterocycles. The van der Waals surface area contributed by atoms with Crippen molar-refractivity contribution >= 4 is 22.9 Å². The molecule has 0 spiro atoms. The average molecular weight is 333 g/mol. The first kappa shape index (κ1) is 16.8. The number of rotatable bonds is 11. The number of hydrogen-bond acceptors (Lipinski definition) is 1. The molecule has 0 aliphatic carbocycles. The molecule has 0 aromatic heterocycles. The first-order chi connectivity index (χ1) is 7.74. The van der Waals surface area contributed by atoms with Crippen molar-refractivity contribution in [3.05, 3.63) is 0 Å². The Morgan fingerprint density at radius 2 is 1.19 bits per heavy atom. The molecule has 0 unspecified atom stereocenters. The van der Waals surface area contributed by atoms with Crippen LogP contribution in [0.3, 0.4) is 0 Å². The van der Waals surface area contributed by atoms with Crippen molar-refractivity contribution in [3.8, 4) is 0 Å². The van der Waals surface area contributed by atoms with Gasteiger partial charge in [-0.05, 0) is 0 Å². The Labute approximate surface area is 116 Å². The van der Waals surface area contributed by atoms with E-state index in [1.54, 1.807) is 0 Å². The van der Waals surface area contributed by atoms with Gasteiger partial charge < -0.3 is 0 Å². The van der Waals surface area contributed by atoms with E-state index in [1.165, 1.54) is 57.8 Å². The molecule has 0 amide bonds. The quantitative estimate of drug-likeness (QED) is 0.510. The van der Waals surface area contributed by atoms with Crippen molar-refractivity contribution in [2.75, 3.05) is 6.61 Å². The van der Waals surface area contributed by atoms with E-state index in [1.807, 2.05) is 0 Å². The van der Waals surface area contributed by atoms with Crippen molar-refractivity contribution in [2.24, 2.45) is 5.41 Å². The summed E-state index contributed by atoms with van der Waals surface area (Å²) in [6, 6.07) is 0. The summed E-state index contributed by atoms with van der Waals surface area (Å²) in [5.74, 6) is 0. The summed E-state index contributed by atoms with van der Waals surface area (Å²) in [5.41, 5.74) is 0.515. The van der Waals surface area contributed by atoms with Crippen molar-refractivity contribution in [3.63, 3.8) is 0 Å². The predicted molar refractivity (Wildman–Crippen MR) is 74.1 cm³/mol. The summed E-state index contributed by atoms with van der Waals surface area (Å²) in [7, 11) is 0. The van der Waals surface area contributed by atoms with Gasteiger partial charge in [-0.2, -0.15) is 0 Å². The van der Waals surface area contributed by atoms with E-state index >= 15 is 0 Å². The maximum absolute atomic E-state index is 5.63. The van der Waals surface area contributed by atoms with Crippen molar-refractivity contribution in [1.82, 2.24) is 0 Å². The second kappa shape index (κ2) is 10.9. The molecule has 1 nitrogen and oxygen atoms in total. The molecule has 0 aliphatic heterocycles. The molecule has 0 N–H and O–H groups in total. The van der Waals surface area contributed by atoms with Crippen LogP contribution in [-0.2, 0) is 3.07 Å². The molecule has 0 aromatic carbocycles. The zero-order valence-corrected chi connectivity index (χ0v) is 14.9. The van der Waals surface area contributed by atoms with E-state index in [0.29, 0.717) is 5.41 Å². The van der Waals surface area contributed by atoms with E-state index < -0.39 is 0 Å². The Bertz CT molecular complexity index is 126. The fraction of sp³-hybridized carbons (Fsp3) is 1.00. The van der Waals surface area contributed by atoms with Gasteiger partial charge in [0.25, 0.3) is 0 Å².